The first kappa shape index (κ1) is 58.6. The Hall–Kier alpha value is -6.67. The number of amides is 3. The molecule has 1 aromatic heterocycles. The number of ketones is 1. The van der Waals surface area contributed by atoms with Gasteiger partial charge in [-0.3, -0.25) is 24.1 Å². The van der Waals surface area contributed by atoms with E-state index in [0.717, 1.165) is 39.5 Å². The molecule has 0 bridgehead atoms. The first-order valence-electron chi connectivity index (χ1n) is 25.1. The monoisotopic (exact) mass is 1060 g/mol. The minimum Gasteiger partial charge on any atom is -0.491 e. The number of rotatable bonds is 27. The molecular weight excluding hydrogens is 992 g/mol. The number of hydrogen-bond donors (Lipinski definition) is 3. The number of nitrogens with zero attached hydrogens (tertiary/aromatic N) is 5. The van der Waals surface area contributed by atoms with E-state index in [0.29, 0.717) is 57.5 Å². The van der Waals surface area contributed by atoms with E-state index < -0.39 is 64.2 Å². The Balaban J connectivity index is 0.785. The number of H-pyrrole nitrogens is 1. The summed E-state index contributed by atoms with van der Waals surface area (Å²) in [6.45, 7) is 17.2. The molecule has 0 unspecified atom stereocenters. The summed E-state index contributed by atoms with van der Waals surface area (Å²) in [4.78, 5) is 65.5. The second kappa shape index (κ2) is 26.4. The van der Waals surface area contributed by atoms with Crippen molar-refractivity contribution in [2.45, 2.75) is 90.7 Å². The van der Waals surface area contributed by atoms with Crippen LogP contribution in [0, 0.1) is 23.7 Å². The van der Waals surface area contributed by atoms with Crippen molar-refractivity contribution in [2.75, 3.05) is 89.0 Å². The molecule has 21 heteroatoms. The zero-order chi connectivity index (χ0) is 55.2. The zero-order valence-corrected chi connectivity index (χ0v) is 43.9. The highest BCUT2D eigenvalue weighted by atomic mass is 19.4. The second-order valence-corrected chi connectivity index (χ2v) is 19.9. The van der Waals surface area contributed by atoms with E-state index in [-0.39, 0.29) is 69.7 Å². The number of β-amino-alcohol motifs (C(OH)–C–C–N with tert-alkyl or cyclic N) is 1. The number of aliphatic hydroxyl groups is 1. The molecule has 18 nitrogen and oxygen atoms in total. The number of hydrogen-bond acceptors (Lipinski definition) is 14. The second-order valence-electron chi connectivity index (χ2n) is 19.9. The smallest absolute Gasteiger partial charge is 0.417 e. The summed E-state index contributed by atoms with van der Waals surface area (Å²) >= 11 is 0. The minimum atomic E-state index is -4.79. The molecule has 0 saturated carbocycles. The largest absolute Gasteiger partial charge is 0.491 e. The molecule has 3 heterocycles. The summed E-state index contributed by atoms with van der Waals surface area (Å²) in [6.07, 6.45) is -3.21. The highest BCUT2D eigenvalue weighted by Crippen LogP contribution is 2.43. The van der Waals surface area contributed by atoms with Crippen LogP contribution in [-0.2, 0) is 55.5 Å². The quantitative estimate of drug-likeness (QED) is 0.0541. The molecule has 2 aliphatic heterocycles. The van der Waals surface area contributed by atoms with Crippen LogP contribution in [0.2, 0.25) is 0 Å². The number of aliphatic hydroxyl groups excluding tert-OH is 1. The summed E-state index contributed by atoms with van der Waals surface area (Å²) in [5, 5.41) is 22.5. The predicted octanol–water partition coefficient (Wildman–Crippen LogP) is 6.54. The van der Waals surface area contributed by atoms with Crippen molar-refractivity contribution in [1.29, 1.82) is 5.26 Å². The van der Waals surface area contributed by atoms with Gasteiger partial charge in [0.1, 0.15) is 36.4 Å². The van der Waals surface area contributed by atoms with Crippen LogP contribution in [0.1, 0.15) is 69.8 Å². The molecule has 2 aliphatic rings. The van der Waals surface area contributed by atoms with Gasteiger partial charge in [-0.25, -0.2) is 4.98 Å². The minimum absolute atomic E-state index is 0.00241. The Morgan fingerprint density at radius 2 is 1.46 bits per heavy atom. The molecule has 4 aromatic rings. The standard InChI is InChI=1S/C55H68F3N7O11/c1-36-49(61-35-60-36)39-11-8-38(9-12-39)10-19-47(67)46-31-43(66)33-63(46)51(69)50(53(3,4)5)62-48(68)34-75-27-26-73-23-22-71-20-21-72-24-25-74-28-29-76-44-17-15-41(16-18-44)65-37(2)64(52(70)54(65,6)7)42-14-13-40(32-59)45(30-42)55(56,57)58/h8-9,11-18,30,35,43,46,50,66H,2,10,19-29,31,33-34H2,1,3-7H3,(H,60,61)(H,62,68)/t43-,46+,50-/m1/s1. The number of aryl methyl sites for hydroxylation is 2. The average molecular weight is 1060 g/mol. The fourth-order valence-electron chi connectivity index (χ4n) is 8.90. The number of benzene rings is 3. The summed E-state index contributed by atoms with van der Waals surface area (Å²) in [7, 11) is 0. The van der Waals surface area contributed by atoms with E-state index in [2.05, 4.69) is 21.9 Å². The molecule has 6 rings (SSSR count). The number of aromatic amines is 1. The van der Waals surface area contributed by atoms with Gasteiger partial charge in [-0.15, -0.1) is 0 Å². The average Bonchev–Trinajstić information content (AvgIpc) is 4.05. The van der Waals surface area contributed by atoms with Crippen LogP contribution in [0.5, 0.6) is 5.75 Å². The molecule has 2 fully saturated rings. The Morgan fingerprint density at radius 3 is 2.01 bits per heavy atom. The highest BCUT2D eigenvalue weighted by Gasteiger charge is 2.50. The SMILES string of the molecule is C=C1N(c2ccc(C#N)c(C(F)(F)F)c2)C(=O)C(C)(C)N1c1ccc(OCCOCCOCCOCCOCCOCC(=O)N[C@H](C(=O)N2C[C@H](O)C[C@H]2C(=O)CCc2ccc(-c3nc[nH]c3C)cc2)C(C)(C)C)cc1. The molecule has 3 amide bonds. The summed E-state index contributed by atoms with van der Waals surface area (Å²) in [6, 6.07) is 17.6. The number of halogens is 3. The summed E-state index contributed by atoms with van der Waals surface area (Å²) < 4.78 is 74.6. The Labute approximate surface area is 441 Å². The molecule has 3 atom stereocenters. The third kappa shape index (κ3) is 15.3. The lowest BCUT2D eigenvalue weighted by Crippen LogP contribution is -2.57. The first-order chi connectivity index (χ1) is 36.1. The maximum Gasteiger partial charge on any atom is 0.417 e. The number of carbonyl (C=O) groups is 4. The summed E-state index contributed by atoms with van der Waals surface area (Å²) in [5.74, 6) is -0.882. The van der Waals surface area contributed by atoms with E-state index in [4.69, 9.17) is 28.4 Å². The fourth-order valence-corrected chi connectivity index (χ4v) is 8.90. The van der Waals surface area contributed by atoms with E-state index in [1.54, 1.807) is 55.4 Å². The number of nitriles is 1. The van der Waals surface area contributed by atoms with E-state index >= 15 is 0 Å². The van der Waals surface area contributed by atoms with Crippen LogP contribution >= 0.6 is 0 Å². The van der Waals surface area contributed by atoms with Gasteiger partial charge >= 0.3 is 6.18 Å². The topological polar surface area (TPSA) is 218 Å². The van der Waals surface area contributed by atoms with Gasteiger partial charge in [0, 0.05) is 36.3 Å². The third-order valence-corrected chi connectivity index (χ3v) is 12.9. The van der Waals surface area contributed by atoms with Crippen molar-refractivity contribution in [3.05, 3.63) is 108 Å². The highest BCUT2D eigenvalue weighted by molar-refractivity contribution is 6.09. The van der Waals surface area contributed by atoms with Crippen molar-refractivity contribution >= 4 is 34.9 Å². The normalized spacial score (nSPS) is 17.0. The van der Waals surface area contributed by atoms with Crippen molar-refractivity contribution < 1.29 is 65.9 Å². The summed E-state index contributed by atoms with van der Waals surface area (Å²) in [5.41, 5.74) is 0.692. The first-order valence-corrected chi connectivity index (χ1v) is 25.1. The van der Waals surface area contributed by atoms with Gasteiger partial charge in [0.2, 0.25) is 11.8 Å². The number of Topliss-reactive ketones (excluding diaryl/α,β-unsaturated/α-hetero) is 1. The van der Waals surface area contributed by atoms with Crippen molar-refractivity contribution in [3.8, 4) is 23.1 Å². The zero-order valence-electron chi connectivity index (χ0n) is 43.9. The van der Waals surface area contributed by atoms with Crippen LogP contribution in [0.4, 0.5) is 24.5 Å². The van der Waals surface area contributed by atoms with Gasteiger partial charge in [-0.2, -0.15) is 18.4 Å². The van der Waals surface area contributed by atoms with Crippen LogP contribution in [0.3, 0.4) is 0 Å². The Morgan fingerprint density at radius 1 is 0.882 bits per heavy atom. The maximum absolute atomic E-state index is 13.9. The molecule has 2 saturated heterocycles. The molecule has 0 radical (unpaired) electrons. The number of imidazole rings is 1. The third-order valence-electron chi connectivity index (χ3n) is 12.9. The molecule has 3 N–H and O–H groups in total. The molecule has 0 aliphatic carbocycles. The lowest BCUT2D eigenvalue weighted by Gasteiger charge is -2.35. The Kier molecular flexibility index (Phi) is 20.3. The number of ether oxygens (including phenoxy) is 6. The maximum atomic E-state index is 13.9. The predicted molar refractivity (Wildman–Crippen MR) is 275 cm³/mol. The van der Waals surface area contributed by atoms with Crippen LogP contribution in [0.25, 0.3) is 11.3 Å². The van der Waals surface area contributed by atoms with Gasteiger partial charge < -0.3 is 53.6 Å². The van der Waals surface area contributed by atoms with E-state index in [1.165, 1.54) is 11.0 Å². The van der Waals surface area contributed by atoms with Gasteiger partial charge in [-0.05, 0) is 80.6 Å². The molecule has 76 heavy (non-hydrogen) atoms. The molecule has 0 spiro atoms. The number of carbonyl (C=O) groups excluding carboxylic acids is 4. The van der Waals surface area contributed by atoms with Crippen LogP contribution in [-0.4, -0.2) is 146 Å². The number of nitrogens with one attached hydrogen (secondary N) is 2. The van der Waals surface area contributed by atoms with Crippen molar-refractivity contribution in [2.24, 2.45) is 5.41 Å². The van der Waals surface area contributed by atoms with Crippen molar-refractivity contribution in [1.82, 2.24) is 20.2 Å². The molecule has 3 aromatic carbocycles. The number of likely N-dealkylation sites (tertiary alicyclic amines) is 1. The number of aromatic nitrogens is 2. The molecule has 410 valence electrons. The Bertz CT molecular complexity index is 2660. The van der Waals surface area contributed by atoms with E-state index in [1.807, 2.05) is 52.0 Å². The molecular formula is C55H68F3N7O11. The fraction of sp³-hybridized carbons (Fsp3) is 0.491. The van der Waals surface area contributed by atoms with E-state index in [9.17, 15) is 42.7 Å². The van der Waals surface area contributed by atoms with Crippen LogP contribution in [0.15, 0.2) is 85.5 Å². The van der Waals surface area contributed by atoms with Gasteiger partial charge in [0.25, 0.3) is 5.91 Å². The van der Waals surface area contributed by atoms with Crippen molar-refractivity contribution in [3.63, 3.8) is 0 Å². The van der Waals surface area contributed by atoms with Gasteiger partial charge in [-0.1, -0.05) is 51.6 Å². The number of alkyl halides is 3. The lowest BCUT2D eigenvalue weighted by atomic mass is 9.85. The van der Waals surface area contributed by atoms with Gasteiger partial charge in [0.05, 0.1) is 107 Å². The van der Waals surface area contributed by atoms with Gasteiger partial charge in [0.15, 0.2) is 5.78 Å². The van der Waals surface area contributed by atoms with Crippen LogP contribution < -0.4 is 19.9 Å². The number of anilines is 2. The lowest BCUT2D eigenvalue weighted by molar-refractivity contribution is -0.144.